The highest BCUT2D eigenvalue weighted by Crippen LogP contribution is 2.46. The predicted octanol–water partition coefficient (Wildman–Crippen LogP) is 5.78. The second kappa shape index (κ2) is 8.70. The minimum atomic E-state index is -0.0495. The zero-order valence-corrected chi connectivity index (χ0v) is 22.1. The van der Waals surface area contributed by atoms with Crippen LogP contribution in [0.5, 0.6) is 0 Å². The summed E-state index contributed by atoms with van der Waals surface area (Å²) < 4.78 is 0. The fourth-order valence-corrected chi connectivity index (χ4v) is 6.73. The van der Waals surface area contributed by atoms with Crippen molar-refractivity contribution in [3.63, 3.8) is 0 Å². The Morgan fingerprint density at radius 3 is 2.60 bits per heavy atom. The van der Waals surface area contributed by atoms with Gasteiger partial charge in [0.05, 0.1) is 22.4 Å². The minimum absolute atomic E-state index is 0.0491. The van der Waals surface area contributed by atoms with E-state index in [9.17, 15) is 9.59 Å². The molecule has 1 saturated heterocycles. The number of aryl methyl sites for hydroxylation is 1. The first kappa shape index (κ1) is 23.9. The van der Waals surface area contributed by atoms with Crippen molar-refractivity contribution in [2.75, 3.05) is 25.0 Å². The topological polar surface area (TPSA) is 75.2 Å². The molecule has 1 aliphatic heterocycles. The second-order valence-corrected chi connectivity index (χ2v) is 12.3. The predicted molar refractivity (Wildman–Crippen MR) is 142 cm³/mol. The number of nitrogens with one attached hydrogen (secondary N) is 1. The number of pyridine rings is 1. The molecule has 35 heavy (non-hydrogen) atoms. The number of aromatic nitrogens is 2. The van der Waals surface area contributed by atoms with E-state index in [-0.39, 0.29) is 22.5 Å². The third-order valence-electron chi connectivity index (χ3n) is 7.39. The van der Waals surface area contributed by atoms with E-state index in [1.54, 1.807) is 11.3 Å². The van der Waals surface area contributed by atoms with Gasteiger partial charge in [0.2, 0.25) is 0 Å². The van der Waals surface area contributed by atoms with Crippen molar-refractivity contribution in [2.24, 2.45) is 5.41 Å². The Balaban J connectivity index is 1.33. The molecule has 0 unspecified atom stereocenters. The van der Waals surface area contributed by atoms with Crippen molar-refractivity contribution in [1.29, 1.82) is 0 Å². The number of likely N-dealkylation sites (tertiary alicyclic amines) is 1. The molecule has 2 aliphatic rings. The number of hydrogen-bond acceptors (Lipinski definition) is 6. The Hall–Kier alpha value is -2.80. The first-order valence-electron chi connectivity index (χ1n) is 12.6. The lowest BCUT2D eigenvalue weighted by Gasteiger charge is -2.43. The number of carbonyl (C=O) groups is 2. The Labute approximate surface area is 211 Å². The van der Waals surface area contributed by atoms with Gasteiger partial charge >= 0.3 is 0 Å². The third-order valence-corrected chi connectivity index (χ3v) is 8.87. The van der Waals surface area contributed by atoms with Gasteiger partial charge in [0, 0.05) is 47.3 Å². The monoisotopic (exact) mass is 490 g/mol. The summed E-state index contributed by atoms with van der Waals surface area (Å²) >= 11 is 1.70. The number of benzene rings is 1. The van der Waals surface area contributed by atoms with Crippen LogP contribution < -0.4 is 5.32 Å². The van der Waals surface area contributed by atoms with Crippen molar-refractivity contribution >= 4 is 39.6 Å². The van der Waals surface area contributed by atoms with E-state index in [1.807, 2.05) is 30.2 Å². The molecule has 7 heteroatoms. The van der Waals surface area contributed by atoms with Crippen molar-refractivity contribution in [3.8, 4) is 0 Å². The molecule has 0 radical (unpaired) electrons. The number of fused-ring (bicyclic) bond motifs is 2. The maximum absolute atomic E-state index is 13.5. The summed E-state index contributed by atoms with van der Waals surface area (Å²) in [7, 11) is 0. The van der Waals surface area contributed by atoms with Crippen LogP contribution in [0, 0.1) is 12.3 Å². The molecule has 2 aromatic heterocycles. The maximum Gasteiger partial charge on any atom is 0.253 e. The quantitative estimate of drug-likeness (QED) is 0.504. The van der Waals surface area contributed by atoms with Crippen LogP contribution in [0.1, 0.15) is 83.3 Å². The Morgan fingerprint density at radius 2 is 1.91 bits per heavy atom. The summed E-state index contributed by atoms with van der Waals surface area (Å²) in [5.74, 6) is 0.237. The fraction of sp³-hybridized carbons (Fsp3) is 0.500. The van der Waals surface area contributed by atoms with E-state index in [0.29, 0.717) is 30.8 Å². The van der Waals surface area contributed by atoms with Crippen LogP contribution in [0.4, 0.5) is 5.69 Å². The highest BCUT2D eigenvalue weighted by atomic mass is 32.1. The third kappa shape index (κ3) is 4.46. The van der Waals surface area contributed by atoms with Crippen LogP contribution in [0.3, 0.4) is 0 Å². The van der Waals surface area contributed by atoms with Crippen molar-refractivity contribution in [2.45, 2.75) is 65.7 Å². The number of anilines is 1. The van der Waals surface area contributed by atoms with E-state index < -0.39 is 0 Å². The van der Waals surface area contributed by atoms with Crippen molar-refractivity contribution < 1.29 is 9.59 Å². The van der Waals surface area contributed by atoms with Gasteiger partial charge in [0.25, 0.3) is 5.91 Å². The van der Waals surface area contributed by atoms with Crippen LogP contribution in [-0.2, 0) is 11.8 Å². The number of thiazole rings is 1. The number of rotatable bonds is 3. The van der Waals surface area contributed by atoms with Crippen LogP contribution in [-0.4, -0.2) is 46.2 Å². The molecule has 0 saturated carbocycles. The van der Waals surface area contributed by atoms with Crippen molar-refractivity contribution in [1.82, 2.24) is 14.9 Å². The summed E-state index contributed by atoms with van der Waals surface area (Å²) in [6, 6.07) is 5.98. The summed E-state index contributed by atoms with van der Waals surface area (Å²) in [4.78, 5) is 38.9. The van der Waals surface area contributed by atoms with Gasteiger partial charge in [-0.15, -0.1) is 11.3 Å². The summed E-state index contributed by atoms with van der Waals surface area (Å²) in [6.45, 7) is 12.7. The van der Waals surface area contributed by atoms with Gasteiger partial charge in [-0.1, -0.05) is 20.8 Å². The summed E-state index contributed by atoms with van der Waals surface area (Å²) in [5, 5.41) is 5.31. The van der Waals surface area contributed by atoms with E-state index in [0.717, 1.165) is 57.8 Å². The Kier molecular flexibility index (Phi) is 5.94. The van der Waals surface area contributed by atoms with E-state index in [4.69, 9.17) is 4.98 Å². The van der Waals surface area contributed by atoms with Gasteiger partial charge in [0.15, 0.2) is 5.78 Å². The number of amides is 1. The molecule has 1 amide bonds. The molecular formula is C28H34N4O2S. The maximum atomic E-state index is 13.5. The Morgan fingerprint density at radius 1 is 1.17 bits per heavy atom. The number of ketones is 1. The first-order chi connectivity index (χ1) is 16.6. The molecule has 0 bridgehead atoms. The van der Waals surface area contributed by atoms with Crippen LogP contribution in [0.15, 0.2) is 24.4 Å². The van der Waals surface area contributed by atoms with E-state index >= 15 is 0 Å². The van der Waals surface area contributed by atoms with Gasteiger partial charge in [-0.2, -0.15) is 0 Å². The van der Waals surface area contributed by atoms with Crippen LogP contribution >= 0.6 is 11.3 Å². The molecule has 1 fully saturated rings. The lowest BCUT2D eigenvalue weighted by molar-refractivity contribution is 0.0522. The zero-order chi connectivity index (χ0) is 25.0. The van der Waals surface area contributed by atoms with Gasteiger partial charge < -0.3 is 10.2 Å². The molecular weight excluding hydrogens is 456 g/mol. The number of hydrogen-bond donors (Lipinski definition) is 1. The smallest absolute Gasteiger partial charge is 0.253 e. The van der Waals surface area contributed by atoms with E-state index in [2.05, 4.69) is 44.1 Å². The number of carbonyl (C=O) groups excluding carboxylic acids is 2. The molecule has 3 heterocycles. The molecule has 1 aliphatic carbocycles. The highest BCUT2D eigenvalue weighted by molar-refractivity contribution is 7.12. The minimum Gasteiger partial charge on any atom is -0.384 e. The molecule has 1 spiro atoms. The van der Waals surface area contributed by atoms with Crippen LogP contribution in [0.2, 0.25) is 0 Å². The lowest BCUT2D eigenvalue weighted by Crippen LogP contribution is -2.46. The first-order valence-corrected chi connectivity index (χ1v) is 13.4. The molecule has 0 atom stereocenters. The molecule has 1 N–H and O–H groups in total. The zero-order valence-electron chi connectivity index (χ0n) is 21.3. The average molecular weight is 491 g/mol. The fourth-order valence-electron chi connectivity index (χ4n) is 5.41. The van der Waals surface area contributed by atoms with Gasteiger partial charge in [0.1, 0.15) is 5.69 Å². The summed E-state index contributed by atoms with van der Waals surface area (Å²) in [6.07, 6.45) is 4.99. The molecule has 3 aromatic rings. The summed E-state index contributed by atoms with van der Waals surface area (Å²) in [5.41, 5.74) is 4.20. The van der Waals surface area contributed by atoms with Crippen LogP contribution in [0.25, 0.3) is 10.9 Å². The number of nitrogens with zero attached hydrogens (tertiary/aromatic N) is 3. The molecule has 5 rings (SSSR count). The Bertz CT molecular complexity index is 1310. The molecule has 1 aromatic carbocycles. The SMILES string of the molecule is CCNc1cnc2c(C)cc(C(=O)N3CCC4(CC3)CC(=O)c3nc(C(C)(C)C)sc3C4)cc2c1. The second-order valence-electron chi connectivity index (χ2n) is 11.2. The highest BCUT2D eigenvalue weighted by Gasteiger charge is 2.44. The lowest BCUT2D eigenvalue weighted by atomic mass is 9.68. The molecule has 184 valence electrons. The van der Waals surface area contributed by atoms with Gasteiger partial charge in [-0.25, -0.2) is 4.98 Å². The largest absolute Gasteiger partial charge is 0.384 e. The number of piperidine rings is 1. The normalized spacial score (nSPS) is 17.6. The van der Waals surface area contributed by atoms with Crippen molar-refractivity contribution in [3.05, 3.63) is 51.1 Å². The van der Waals surface area contributed by atoms with E-state index in [1.165, 1.54) is 0 Å². The standard InChI is InChI=1S/C28H34N4O2S/c1-6-29-20-13-18-12-19(11-17(2)23(18)30-16-20)25(34)32-9-7-28(8-10-32)14-21(33)24-22(15-28)35-26(31-24)27(3,4)5/h11-13,16,29H,6-10,14-15H2,1-5H3. The molecule has 6 nitrogen and oxygen atoms in total. The van der Waals surface area contributed by atoms with Gasteiger partial charge in [-0.3, -0.25) is 14.6 Å². The van der Waals surface area contributed by atoms with Gasteiger partial charge in [-0.05, 0) is 62.3 Å². The average Bonchev–Trinajstić information content (AvgIpc) is 3.24. The number of Topliss-reactive ketones (excluding diaryl/α,β-unsaturated/α-hetero) is 1.